The van der Waals surface area contributed by atoms with E-state index in [9.17, 15) is 4.79 Å². The Morgan fingerprint density at radius 1 is 1.47 bits per heavy atom. The number of nitrogens with zero attached hydrogens (tertiary/aromatic N) is 4. The lowest BCUT2D eigenvalue weighted by atomic mass is 10.2. The van der Waals surface area contributed by atoms with Crippen molar-refractivity contribution in [3.05, 3.63) is 5.82 Å². The van der Waals surface area contributed by atoms with Gasteiger partial charge in [-0.25, -0.2) is 4.68 Å². The molecule has 1 aliphatic carbocycles. The number of carbonyl (C=O) groups excluding carboxylic acids is 1. The van der Waals surface area contributed by atoms with E-state index in [-0.39, 0.29) is 5.91 Å². The Bertz CT molecular complexity index is 370. The van der Waals surface area contributed by atoms with Crippen LogP contribution in [0.1, 0.15) is 57.3 Å². The van der Waals surface area contributed by atoms with Gasteiger partial charge in [-0.2, -0.15) is 0 Å². The van der Waals surface area contributed by atoms with E-state index in [0.717, 1.165) is 25.1 Å². The highest BCUT2D eigenvalue weighted by molar-refractivity contribution is 5.75. The molecule has 6 nitrogen and oxygen atoms in total. The number of carbonyl (C=O) groups is 1. The Morgan fingerprint density at radius 3 is 2.94 bits per heavy atom. The lowest BCUT2D eigenvalue weighted by Gasteiger charge is -2.11. The van der Waals surface area contributed by atoms with Crippen LogP contribution in [0.2, 0.25) is 0 Å². The summed E-state index contributed by atoms with van der Waals surface area (Å²) in [5.74, 6) is 0.829. The second-order valence-electron chi connectivity index (χ2n) is 4.50. The van der Waals surface area contributed by atoms with Crippen molar-refractivity contribution in [1.29, 1.82) is 0 Å². The van der Waals surface area contributed by atoms with Gasteiger partial charge >= 0.3 is 0 Å². The molecule has 1 saturated carbocycles. The van der Waals surface area contributed by atoms with E-state index in [1.54, 1.807) is 0 Å². The zero-order valence-corrected chi connectivity index (χ0v) is 10.2. The lowest BCUT2D eigenvalue weighted by Crippen LogP contribution is -2.25. The molecule has 1 aromatic rings. The van der Waals surface area contributed by atoms with Crippen molar-refractivity contribution in [1.82, 2.24) is 25.5 Å². The van der Waals surface area contributed by atoms with Crippen molar-refractivity contribution >= 4 is 5.91 Å². The Morgan fingerprint density at radius 2 is 2.24 bits per heavy atom. The minimum atomic E-state index is 0.0634. The molecule has 0 atom stereocenters. The Balaban J connectivity index is 1.92. The maximum Gasteiger partial charge on any atom is 0.220 e. The fraction of sp³-hybridized carbons (Fsp3) is 0.818. The molecule has 1 aliphatic rings. The molecule has 0 aromatic carbocycles. The van der Waals surface area contributed by atoms with Crippen molar-refractivity contribution < 1.29 is 4.79 Å². The average molecular weight is 237 g/mol. The van der Waals surface area contributed by atoms with E-state index in [1.807, 2.05) is 11.6 Å². The van der Waals surface area contributed by atoms with Gasteiger partial charge in [-0.3, -0.25) is 4.79 Å². The van der Waals surface area contributed by atoms with E-state index in [0.29, 0.717) is 19.0 Å². The molecule has 2 rings (SSSR count). The van der Waals surface area contributed by atoms with Crippen molar-refractivity contribution in [3.8, 4) is 0 Å². The molecule has 94 valence electrons. The summed E-state index contributed by atoms with van der Waals surface area (Å²) in [5, 5.41) is 14.6. The third-order valence-electron chi connectivity index (χ3n) is 3.15. The first kappa shape index (κ1) is 12.0. The smallest absolute Gasteiger partial charge is 0.220 e. The van der Waals surface area contributed by atoms with Gasteiger partial charge in [0.15, 0.2) is 5.82 Å². The van der Waals surface area contributed by atoms with E-state index in [2.05, 4.69) is 20.8 Å². The van der Waals surface area contributed by atoms with Crippen molar-refractivity contribution in [2.24, 2.45) is 0 Å². The Hall–Kier alpha value is -1.46. The number of rotatable bonds is 5. The summed E-state index contributed by atoms with van der Waals surface area (Å²) in [6.07, 6.45) is 6.19. The van der Waals surface area contributed by atoms with E-state index < -0.39 is 0 Å². The summed E-state index contributed by atoms with van der Waals surface area (Å²) in [5.41, 5.74) is 0. The topological polar surface area (TPSA) is 72.7 Å². The number of tetrazole rings is 1. The zero-order valence-electron chi connectivity index (χ0n) is 10.2. The van der Waals surface area contributed by atoms with Gasteiger partial charge < -0.3 is 5.32 Å². The van der Waals surface area contributed by atoms with Gasteiger partial charge in [0.25, 0.3) is 0 Å². The van der Waals surface area contributed by atoms with Crippen LogP contribution in [-0.4, -0.2) is 26.1 Å². The van der Waals surface area contributed by atoms with E-state index >= 15 is 0 Å². The largest absolute Gasteiger partial charge is 0.349 e. The number of amides is 1. The summed E-state index contributed by atoms with van der Waals surface area (Å²) in [6, 6.07) is 0.420. The predicted octanol–water partition coefficient (Wildman–Crippen LogP) is 1.20. The molecule has 0 radical (unpaired) electrons. The van der Waals surface area contributed by atoms with Crippen LogP contribution in [0.5, 0.6) is 0 Å². The molecule has 0 saturated heterocycles. The molecular formula is C11H19N5O. The van der Waals surface area contributed by atoms with Gasteiger partial charge in [0.2, 0.25) is 5.91 Å². The Kier molecular flexibility index (Phi) is 4.06. The van der Waals surface area contributed by atoms with Gasteiger partial charge in [0, 0.05) is 6.42 Å². The van der Waals surface area contributed by atoms with Crippen LogP contribution in [0.4, 0.5) is 0 Å². The van der Waals surface area contributed by atoms with Crippen LogP contribution in [-0.2, 0) is 11.3 Å². The first-order valence-electron chi connectivity index (χ1n) is 6.34. The number of hydrogen-bond acceptors (Lipinski definition) is 4. The van der Waals surface area contributed by atoms with Crippen LogP contribution in [0.25, 0.3) is 0 Å². The zero-order chi connectivity index (χ0) is 12.1. The third-order valence-corrected chi connectivity index (χ3v) is 3.15. The Labute approximate surface area is 101 Å². The predicted molar refractivity (Wildman–Crippen MR) is 62.1 cm³/mol. The van der Waals surface area contributed by atoms with Crippen LogP contribution < -0.4 is 5.32 Å². The standard InChI is InChI=1S/C11H19N5O/c1-2-5-11(17)12-8-10-13-14-15-16(10)9-6-3-4-7-9/h9H,2-8H2,1H3,(H,12,17). The second-order valence-corrected chi connectivity index (χ2v) is 4.50. The molecule has 0 spiro atoms. The first-order chi connectivity index (χ1) is 8.31. The first-order valence-corrected chi connectivity index (χ1v) is 6.34. The van der Waals surface area contributed by atoms with Crippen molar-refractivity contribution in [2.45, 2.75) is 58.0 Å². The third kappa shape index (κ3) is 3.01. The molecule has 1 heterocycles. The number of nitrogens with one attached hydrogen (secondary N) is 1. The highest BCUT2D eigenvalue weighted by Crippen LogP contribution is 2.28. The van der Waals surface area contributed by atoms with Gasteiger partial charge in [0.05, 0.1) is 12.6 Å². The summed E-state index contributed by atoms with van der Waals surface area (Å²) in [7, 11) is 0. The molecule has 1 N–H and O–H groups in total. The maximum atomic E-state index is 11.4. The molecule has 1 fully saturated rings. The SMILES string of the molecule is CCCC(=O)NCc1nnnn1C1CCCC1. The maximum absolute atomic E-state index is 11.4. The number of hydrogen-bond donors (Lipinski definition) is 1. The molecule has 0 unspecified atom stereocenters. The summed E-state index contributed by atoms with van der Waals surface area (Å²) < 4.78 is 1.87. The average Bonchev–Trinajstić information content (AvgIpc) is 2.97. The van der Waals surface area contributed by atoms with Crippen LogP contribution in [0, 0.1) is 0 Å². The van der Waals surface area contributed by atoms with Gasteiger partial charge in [-0.15, -0.1) is 5.10 Å². The quantitative estimate of drug-likeness (QED) is 0.835. The van der Waals surface area contributed by atoms with E-state index in [4.69, 9.17) is 0 Å². The lowest BCUT2D eigenvalue weighted by molar-refractivity contribution is -0.121. The highest BCUT2D eigenvalue weighted by atomic mass is 16.1. The second kappa shape index (κ2) is 5.75. The monoisotopic (exact) mass is 237 g/mol. The minimum Gasteiger partial charge on any atom is -0.349 e. The summed E-state index contributed by atoms with van der Waals surface area (Å²) >= 11 is 0. The summed E-state index contributed by atoms with van der Waals surface area (Å²) in [6.45, 7) is 2.42. The molecular weight excluding hydrogens is 218 g/mol. The number of aromatic nitrogens is 4. The fourth-order valence-electron chi connectivity index (χ4n) is 2.25. The fourth-order valence-corrected chi connectivity index (χ4v) is 2.25. The summed E-state index contributed by atoms with van der Waals surface area (Å²) in [4.78, 5) is 11.4. The van der Waals surface area contributed by atoms with Crippen molar-refractivity contribution in [2.75, 3.05) is 0 Å². The molecule has 6 heteroatoms. The molecule has 17 heavy (non-hydrogen) atoms. The van der Waals surface area contributed by atoms with Crippen LogP contribution in [0.3, 0.4) is 0 Å². The molecule has 0 aliphatic heterocycles. The normalized spacial score (nSPS) is 16.3. The molecule has 1 amide bonds. The van der Waals surface area contributed by atoms with Gasteiger partial charge in [-0.1, -0.05) is 19.8 Å². The van der Waals surface area contributed by atoms with Gasteiger partial charge in [0.1, 0.15) is 0 Å². The van der Waals surface area contributed by atoms with Crippen LogP contribution in [0.15, 0.2) is 0 Å². The van der Waals surface area contributed by atoms with E-state index in [1.165, 1.54) is 12.8 Å². The molecule has 1 aromatic heterocycles. The van der Waals surface area contributed by atoms with Crippen LogP contribution >= 0.6 is 0 Å². The minimum absolute atomic E-state index is 0.0634. The van der Waals surface area contributed by atoms with Crippen molar-refractivity contribution in [3.63, 3.8) is 0 Å². The highest BCUT2D eigenvalue weighted by Gasteiger charge is 2.21. The molecule has 0 bridgehead atoms. The van der Waals surface area contributed by atoms with Gasteiger partial charge in [-0.05, 0) is 29.7 Å².